The number of pyridine rings is 2. The van der Waals surface area contributed by atoms with E-state index < -0.39 is 0 Å². The van der Waals surface area contributed by atoms with Gasteiger partial charge in [0.25, 0.3) is 0 Å². The fourth-order valence-electron chi connectivity index (χ4n) is 5.99. The van der Waals surface area contributed by atoms with Gasteiger partial charge in [-0.3, -0.25) is 9.97 Å². The number of aromatic nitrogens is 4. The Bertz CT molecular complexity index is 2160. The van der Waals surface area contributed by atoms with Crippen molar-refractivity contribution in [2.75, 3.05) is 0 Å². The van der Waals surface area contributed by atoms with E-state index in [-0.39, 0.29) is 31.9 Å². The molecule has 7 aromatic rings. The first-order valence-electron chi connectivity index (χ1n) is 15.6. The molecular formula is C41H38N4Pt. The predicted molar refractivity (Wildman–Crippen MR) is 187 cm³/mol. The van der Waals surface area contributed by atoms with Crippen molar-refractivity contribution in [2.45, 2.75) is 59.3 Å². The van der Waals surface area contributed by atoms with Crippen molar-refractivity contribution >= 4 is 21.9 Å². The van der Waals surface area contributed by atoms with Gasteiger partial charge in [-0.15, -0.1) is 18.2 Å². The average Bonchev–Trinajstić information content (AvgIpc) is 3.60. The zero-order valence-electron chi connectivity index (χ0n) is 27.4. The van der Waals surface area contributed by atoms with Crippen molar-refractivity contribution in [1.29, 1.82) is 0 Å². The van der Waals surface area contributed by atoms with Crippen LogP contribution in [0.1, 0.15) is 58.4 Å². The van der Waals surface area contributed by atoms with Crippen molar-refractivity contribution in [3.05, 3.63) is 126 Å². The maximum Gasteiger partial charge on any atom is 2.00 e. The van der Waals surface area contributed by atoms with Gasteiger partial charge in [0.1, 0.15) is 0 Å². The molecule has 0 N–H and O–H groups in total. The third-order valence-electron chi connectivity index (χ3n) is 8.60. The molecule has 232 valence electrons. The van der Waals surface area contributed by atoms with Crippen LogP contribution >= 0.6 is 0 Å². The Hall–Kier alpha value is -4.27. The van der Waals surface area contributed by atoms with Crippen molar-refractivity contribution < 1.29 is 21.1 Å². The fourth-order valence-corrected chi connectivity index (χ4v) is 5.99. The first-order chi connectivity index (χ1) is 21.5. The molecular weight excluding hydrogens is 744 g/mol. The summed E-state index contributed by atoms with van der Waals surface area (Å²) in [5.41, 5.74) is 11.5. The molecule has 0 fully saturated rings. The molecule has 0 unspecified atom stereocenters. The molecule has 7 rings (SSSR count). The Balaban J connectivity index is 0.00000372. The molecule has 0 atom stereocenters. The molecule has 0 amide bonds. The molecule has 5 heteroatoms. The smallest absolute Gasteiger partial charge is 0.440 e. The van der Waals surface area contributed by atoms with E-state index in [9.17, 15) is 0 Å². The van der Waals surface area contributed by atoms with Gasteiger partial charge in [-0.05, 0) is 51.4 Å². The average molecular weight is 782 g/mol. The summed E-state index contributed by atoms with van der Waals surface area (Å²) in [7, 11) is 0. The van der Waals surface area contributed by atoms with Crippen molar-refractivity contribution in [3.63, 3.8) is 0 Å². The minimum Gasteiger partial charge on any atom is -0.440 e. The van der Waals surface area contributed by atoms with Crippen molar-refractivity contribution in [3.8, 4) is 39.5 Å². The Kier molecular flexibility index (Phi) is 8.15. The second kappa shape index (κ2) is 11.8. The van der Waals surface area contributed by atoms with Gasteiger partial charge in [0.15, 0.2) is 0 Å². The van der Waals surface area contributed by atoms with Crippen LogP contribution in [-0.2, 0) is 31.9 Å². The van der Waals surface area contributed by atoms with Gasteiger partial charge < -0.3 is 9.55 Å². The molecule has 4 nitrogen and oxygen atoms in total. The van der Waals surface area contributed by atoms with Crippen LogP contribution < -0.4 is 4.98 Å². The molecule has 0 saturated carbocycles. The third kappa shape index (κ3) is 5.87. The van der Waals surface area contributed by atoms with E-state index in [1.165, 1.54) is 16.7 Å². The fraction of sp³-hybridized carbons (Fsp3) is 0.220. The number of hydrogen-bond donors (Lipinski definition) is 0. The number of nitrogens with zero attached hydrogens (tertiary/aromatic N) is 4. The predicted octanol–water partition coefficient (Wildman–Crippen LogP) is 10.2. The monoisotopic (exact) mass is 781 g/mol. The Morgan fingerprint density at radius 2 is 1.30 bits per heavy atom. The zero-order valence-corrected chi connectivity index (χ0v) is 29.7. The maximum absolute atomic E-state index is 5.32. The molecule has 0 aliphatic heterocycles. The van der Waals surface area contributed by atoms with Crippen LogP contribution in [0.25, 0.3) is 61.4 Å². The van der Waals surface area contributed by atoms with Gasteiger partial charge in [-0.2, -0.15) is 0 Å². The molecule has 0 saturated heterocycles. The molecule has 4 heterocycles. The second-order valence-electron chi connectivity index (χ2n) is 14.1. The summed E-state index contributed by atoms with van der Waals surface area (Å²) in [5.74, 6) is 0.879. The molecule has 4 aromatic heterocycles. The van der Waals surface area contributed by atoms with E-state index in [4.69, 9.17) is 15.0 Å². The van der Waals surface area contributed by atoms with E-state index in [0.29, 0.717) is 0 Å². The molecule has 0 aliphatic carbocycles. The summed E-state index contributed by atoms with van der Waals surface area (Å²) < 4.78 is 2.17. The molecule has 0 aliphatic rings. The van der Waals surface area contributed by atoms with Gasteiger partial charge in [-0.1, -0.05) is 149 Å². The molecule has 46 heavy (non-hydrogen) atoms. The van der Waals surface area contributed by atoms with Gasteiger partial charge in [-0.25, -0.2) is 0 Å². The molecule has 0 spiro atoms. The number of rotatable bonds is 4. The van der Waals surface area contributed by atoms with Gasteiger partial charge in [0.05, 0.1) is 5.65 Å². The number of para-hydroxylation sites is 1. The summed E-state index contributed by atoms with van der Waals surface area (Å²) >= 11 is 0. The summed E-state index contributed by atoms with van der Waals surface area (Å²) in [5, 5.41) is 2.26. The topological polar surface area (TPSA) is 44.8 Å². The van der Waals surface area contributed by atoms with Crippen LogP contribution in [0, 0.1) is 13.0 Å². The summed E-state index contributed by atoms with van der Waals surface area (Å²) in [6, 6.07) is 38.1. The van der Waals surface area contributed by atoms with Crippen LogP contribution in [0.4, 0.5) is 0 Å². The van der Waals surface area contributed by atoms with E-state index in [0.717, 1.165) is 61.5 Å². The van der Waals surface area contributed by atoms with E-state index in [2.05, 4.69) is 125 Å². The molecule has 0 bridgehead atoms. The normalized spacial score (nSPS) is 12.1. The van der Waals surface area contributed by atoms with E-state index >= 15 is 0 Å². The summed E-state index contributed by atoms with van der Waals surface area (Å²) in [4.78, 5) is 14.9. The van der Waals surface area contributed by atoms with E-state index in [1.54, 1.807) is 0 Å². The Labute approximate surface area is 286 Å². The SMILES string of the molecule is Cc1ccc(-n2c3ccccc3c3ccc(-c4[c-]c(-c5ccccn5)cc(-c5cc(C(C)(C)C)cc(C(C)(C)C)c5)c4)nc32)[n-]1.[Pt+2]. The molecule has 3 aromatic carbocycles. The quantitative estimate of drug-likeness (QED) is 0.167. The number of fused-ring (bicyclic) bond motifs is 3. The van der Waals surface area contributed by atoms with Gasteiger partial charge in [0.2, 0.25) is 0 Å². The standard InChI is InChI=1S/C41H38N4.Pt/c1-26-15-18-38(43-26)45-37-14-9-8-12-33(37)34-16-17-36(44-39(34)45)30-21-27(20-29(22-30)35-13-10-11-19-42-35)28-23-31(40(2,3)4)25-32(24-28)41(5,6)7;/h8-21,23-25H,1-7H3;/q-2;+2. The van der Waals surface area contributed by atoms with Gasteiger partial charge in [0, 0.05) is 23.0 Å². The van der Waals surface area contributed by atoms with Crippen LogP contribution in [0.3, 0.4) is 0 Å². The van der Waals surface area contributed by atoms with Crippen LogP contribution in [-0.4, -0.2) is 14.5 Å². The minimum atomic E-state index is 0. The van der Waals surface area contributed by atoms with E-state index in [1.807, 2.05) is 37.4 Å². The first kappa shape index (κ1) is 31.7. The minimum absolute atomic E-state index is 0. The Morgan fingerprint density at radius 3 is 1.93 bits per heavy atom. The number of hydrogen-bond acceptors (Lipinski definition) is 2. The van der Waals surface area contributed by atoms with Crippen molar-refractivity contribution in [1.82, 2.24) is 19.5 Å². The summed E-state index contributed by atoms with van der Waals surface area (Å²) in [6.07, 6.45) is 1.84. The third-order valence-corrected chi connectivity index (χ3v) is 8.60. The number of benzene rings is 3. The number of aryl methyl sites for hydroxylation is 1. The first-order valence-corrected chi connectivity index (χ1v) is 15.6. The second-order valence-corrected chi connectivity index (χ2v) is 14.1. The molecule has 0 radical (unpaired) electrons. The van der Waals surface area contributed by atoms with Gasteiger partial charge >= 0.3 is 21.1 Å². The van der Waals surface area contributed by atoms with Crippen molar-refractivity contribution in [2.24, 2.45) is 0 Å². The largest absolute Gasteiger partial charge is 2.00 e. The van der Waals surface area contributed by atoms with Crippen LogP contribution in [0.2, 0.25) is 0 Å². The zero-order chi connectivity index (χ0) is 31.5. The summed E-state index contributed by atoms with van der Waals surface area (Å²) in [6.45, 7) is 15.7. The van der Waals surface area contributed by atoms with Crippen LogP contribution in [0.5, 0.6) is 0 Å². The maximum atomic E-state index is 5.32. The Morgan fingerprint density at radius 1 is 0.652 bits per heavy atom. The van der Waals surface area contributed by atoms with Crippen LogP contribution in [0.15, 0.2) is 103 Å².